The lowest BCUT2D eigenvalue weighted by Gasteiger charge is -2.40. The van der Waals surface area contributed by atoms with Crippen LogP contribution in [0.1, 0.15) is 49.0 Å². The maximum absolute atomic E-state index is 11.7. The van der Waals surface area contributed by atoms with E-state index in [2.05, 4.69) is 13.8 Å². The third-order valence-electron chi connectivity index (χ3n) is 8.07. The number of hydrogen-bond acceptors (Lipinski definition) is 14. The highest BCUT2D eigenvalue weighted by atomic mass is 17.2. The highest BCUT2D eigenvalue weighted by molar-refractivity contribution is 5.90. The summed E-state index contributed by atoms with van der Waals surface area (Å²) in [4.78, 5) is 33.6. The zero-order valence-electron chi connectivity index (χ0n) is 25.3. The topological polar surface area (TPSA) is 204 Å². The first-order valence-corrected chi connectivity index (χ1v) is 15.1. The van der Waals surface area contributed by atoms with E-state index in [4.69, 9.17) is 53.8 Å². The van der Waals surface area contributed by atoms with Crippen molar-refractivity contribution in [2.24, 2.45) is 11.7 Å². The number of aliphatic hydroxyl groups excluding tert-OH is 2. The number of ether oxygens (including phenoxy) is 7. The van der Waals surface area contributed by atoms with E-state index in [1.165, 1.54) is 0 Å². The van der Waals surface area contributed by atoms with Gasteiger partial charge in [0.05, 0.1) is 19.1 Å². The molecule has 0 unspecified atom stereocenters. The third-order valence-corrected chi connectivity index (χ3v) is 8.07. The number of hydrogen-bond donors (Lipinski definition) is 4. The molecule has 2 aromatic carbocycles. The van der Waals surface area contributed by atoms with Gasteiger partial charge in [0.15, 0.2) is 29.6 Å². The van der Waals surface area contributed by atoms with Crippen LogP contribution >= 0.6 is 0 Å². The quantitative estimate of drug-likeness (QED) is 0.111. The van der Waals surface area contributed by atoms with Crippen LogP contribution in [0.2, 0.25) is 0 Å². The van der Waals surface area contributed by atoms with Crippen molar-refractivity contribution in [3.63, 3.8) is 0 Å². The smallest absolute Gasteiger partial charge is 0.317 e. The molecule has 4 aliphatic heterocycles. The number of aliphatic hydroxyl groups is 2. The maximum Gasteiger partial charge on any atom is 0.317 e. The van der Waals surface area contributed by atoms with Gasteiger partial charge in [-0.05, 0) is 36.6 Å². The van der Waals surface area contributed by atoms with Crippen molar-refractivity contribution in [2.75, 3.05) is 33.2 Å². The lowest BCUT2D eigenvalue weighted by Crippen LogP contribution is -2.60. The molecule has 15 nitrogen and oxygen atoms in total. The van der Waals surface area contributed by atoms with E-state index in [0.717, 1.165) is 28.9 Å². The highest BCUT2D eigenvalue weighted by Gasteiger charge is 2.48. The van der Waals surface area contributed by atoms with E-state index < -0.39 is 55.7 Å². The van der Waals surface area contributed by atoms with Crippen LogP contribution in [0.25, 0.3) is 0 Å². The number of nitrogens with two attached hydrogens (primary N) is 1. The van der Waals surface area contributed by atoms with Gasteiger partial charge in [-0.25, -0.2) is 0 Å². The van der Waals surface area contributed by atoms with Crippen molar-refractivity contribution in [1.82, 2.24) is 0 Å². The molecule has 0 bridgehead atoms. The van der Waals surface area contributed by atoms with Gasteiger partial charge >= 0.3 is 11.9 Å². The average Bonchev–Trinajstić information content (AvgIpc) is 3.65. The Balaban J connectivity index is 1.17. The highest BCUT2D eigenvalue weighted by Crippen LogP contribution is 2.57. The predicted molar refractivity (Wildman–Crippen MR) is 154 cm³/mol. The maximum atomic E-state index is 11.7. The molecule has 6 rings (SSSR count). The monoisotopic (exact) mass is 647 g/mol. The normalized spacial score (nSPS) is 27.2. The van der Waals surface area contributed by atoms with Gasteiger partial charge in [-0.15, -0.1) is 0 Å². The molecule has 0 aliphatic carbocycles. The molecule has 46 heavy (non-hydrogen) atoms. The van der Waals surface area contributed by atoms with Crippen LogP contribution in [0.4, 0.5) is 0 Å². The Morgan fingerprint density at radius 2 is 1.87 bits per heavy atom. The summed E-state index contributed by atoms with van der Waals surface area (Å²) in [6.07, 6.45) is -7.58. The summed E-state index contributed by atoms with van der Waals surface area (Å²) >= 11 is 0. The van der Waals surface area contributed by atoms with Gasteiger partial charge < -0.3 is 59.1 Å². The first-order chi connectivity index (χ1) is 22.1. The molecule has 15 heteroatoms. The second-order valence-electron chi connectivity index (χ2n) is 11.8. The van der Waals surface area contributed by atoms with Gasteiger partial charge in [-0.3, -0.25) is 9.59 Å². The molecule has 0 aromatic heterocycles. The largest absolute Gasteiger partial charge is 0.492 e. The summed E-state index contributed by atoms with van der Waals surface area (Å²) in [6.45, 7) is 4.40. The van der Waals surface area contributed by atoms with Crippen LogP contribution in [0.3, 0.4) is 0 Å². The standard InChI is InChI=1S/C31H37NO14/c1-14(2)7-18-27-16(9-21-29(18)42-13-41-21)19-11-39-20-4-3-15(8-17(20)28(19)44-27)45-46-30-26(37)25(36)22(43-31(30)38-6-5-32)12-40-24(35)10-23(33)34/h3-4,8-9,14,19,22,25-26,28,30-31,36-37H,5-7,10-13,32H2,1-2H3,(H,33,34)/t19-,22+,25+,26-,28+,30-,31+/m0/s1. The predicted octanol–water partition coefficient (Wildman–Crippen LogP) is 1.34. The minimum Gasteiger partial charge on any atom is -0.492 e. The molecule has 2 aromatic rings. The summed E-state index contributed by atoms with van der Waals surface area (Å²) < 4.78 is 40.4. The Morgan fingerprint density at radius 3 is 2.63 bits per heavy atom. The minimum atomic E-state index is -1.61. The van der Waals surface area contributed by atoms with Crippen molar-refractivity contribution in [3.8, 4) is 28.7 Å². The summed E-state index contributed by atoms with van der Waals surface area (Å²) in [5.41, 5.74) is 8.25. The van der Waals surface area contributed by atoms with E-state index in [-0.39, 0.29) is 37.7 Å². The van der Waals surface area contributed by atoms with Gasteiger partial charge in [0, 0.05) is 23.2 Å². The molecule has 4 aliphatic rings. The molecule has 0 amide bonds. The van der Waals surface area contributed by atoms with E-state index in [0.29, 0.717) is 29.8 Å². The zero-order valence-corrected chi connectivity index (χ0v) is 25.3. The molecule has 0 saturated carbocycles. The number of esters is 1. The summed E-state index contributed by atoms with van der Waals surface area (Å²) in [5.74, 6) is 0.873. The van der Waals surface area contributed by atoms with Gasteiger partial charge in [0.1, 0.15) is 48.9 Å². The molecular weight excluding hydrogens is 610 g/mol. The van der Waals surface area contributed by atoms with E-state index in [1.54, 1.807) is 18.2 Å². The fraction of sp³-hybridized carbons (Fsp3) is 0.548. The van der Waals surface area contributed by atoms with E-state index in [1.807, 2.05) is 6.07 Å². The Labute approximate surface area is 263 Å². The molecule has 5 N–H and O–H groups in total. The number of carboxylic acid groups (broad SMARTS) is 1. The van der Waals surface area contributed by atoms with Crippen molar-refractivity contribution in [3.05, 3.63) is 41.0 Å². The summed E-state index contributed by atoms with van der Waals surface area (Å²) in [5, 5.41) is 30.3. The summed E-state index contributed by atoms with van der Waals surface area (Å²) in [6, 6.07) is 7.02. The van der Waals surface area contributed by atoms with Crippen molar-refractivity contribution >= 4 is 11.9 Å². The fourth-order valence-electron chi connectivity index (χ4n) is 5.99. The summed E-state index contributed by atoms with van der Waals surface area (Å²) in [7, 11) is 0. The van der Waals surface area contributed by atoms with E-state index >= 15 is 0 Å². The van der Waals surface area contributed by atoms with Crippen molar-refractivity contribution in [2.45, 2.75) is 69.4 Å². The molecule has 1 saturated heterocycles. The van der Waals surface area contributed by atoms with Crippen molar-refractivity contribution < 1.29 is 67.8 Å². The zero-order chi connectivity index (χ0) is 32.5. The number of benzene rings is 2. The van der Waals surface area contributed by atoms with E-state index in [9.17, 15) is 19.8 Å². The average molecular weight is 648 g/mol. The molecule has 0 radical (unpaired) electrons. The second kappa shape index (κ2) is 13.5. The van der Waals surface area contributed by atoms with Crippen LogP contribution in [0.5, 0.6) is 28.7 Å². The van der Waals surface area contributed by atoms with Crippen LogP contribution < -0.4 is 29.6 Å². The first kappa shape index (κ1) is 32.1. The van der Waals surface area contributed by atoms with Crippen LogP contribution in [-0.4, -0.2) is 91.1 Å². The molecule has 250 valence electrons. The number of fused-ring (bicyclic) bond motifs is 6. The Bertz CT molecular complexity index is 1450. The SMILES string of the molecule is CC(C)Cc1c2c(cc3c1O[C@@H]1c4cc(OO[C@@H]5[C@H](OCCN)O[C@H](COC(=O)CC(=O)O)[C@@H](O)[C@@H]5O)ccc4OC[C@@H]31)OCO2. The van der Waals surface area contributed by atoms with Crippen LogP contribution in [0.15, 0.2) is 24.3 Å². The van der Waals surface area contributed by atoms with Gasteiger partial charge in [0.2, 0.25) is 6.79 Å². The Kier molecular flexibility index (Phi) is 9.40. The molecule has 7 atom stereocenters. The number of aliphatic carboxylic acids is 1. The number of rotatable bonds is 12. The van der Waals surface area contributed by atoms with Crippen LogP contribution in [-0.2, 0) is 35.1 Å². The van der Waals surface area contributed by atoms with Gasteiger partial charge in [-0.1, -0.05) is 13.8 Å². The van der Waals surface area contributed by atoms with Crippen LogP contribution in [0, 0.1) is 5.92 Å². The van der Waals surface area contributed by atoms with Gasteiger partial charge in [0.25, 0.3) is 0 Å². The third kappa shape index (κ3) is 6.38. The van der Waals surface area contributed by atoms with Gasteiger partial charge in [-0.2, -0.15) is 4.89 Å². The van der Waals surface area contributed by atoms with Crippen molar-refractivity contribution in [1.29, 1.82) is 0 Å². The second-order valence-corrected chi connectivity index (χ2v) is 11.8. The first-order valence-electron chi connectivity index (χ1n) is 15.1. The molecule has 1 fully saturated rings. The number of carbonyl (C=O) groups is 2. The number of carboxylic acids is 1. The lowest BCUT2D eigenvalue weighted by molar-refractivity contribution is -0.372. The Hall–Kier alpha value is -3.86. The lowest BCUT2D eigenvalue weighted by atomic mass is 9.87. The Morgan fingerprint density at radius 1 is 1.04 bits per heavy atom. The number of carbonyl (C=O) groups excluding carboxylic acids is 1. The molecular formula is C31H37NO14. The minimum absolute atomic E-state index is 0.00825. The molecule has 0 spiro atoms. The molecule has 4 heterocycles. The fourth-order valence-corrected chi connectivity index (χ4v) is 5.99.